The number of anilines is 2. The van der Waals surface area contributed by atoms with Crippen LogP contribution in [0.3, 0.4) is 0 Å². The third-order valence-electron chi connectivity index (χ3n) is 3.95. The zero-order valence-electron chi connectivity index (χ0n) is 16.2. The number of esters is 2. The van der Waals surface area contributed by atoms with Crippen LogP contribution < -0.4 is 10.6 Å². The lowest BCUT2D eigenvalue weighted by Gasteiger charge is -2.15. The lowest BCUT2D eigenvalue weighted by atomic mass is 10.2. The minimum atomic E-state index is -0.489. The molecule has 0 aliphatic rings. The summed E-state index contributed by atoms with van der Waals surface area (Å²) in [6, 6.07) is 1.69. The smallest absolute Gasteiger partial charge is 0.348 e. The lowest BCUT2D eigenvalue weighted by Crippen LogP contribution is -2.28. The Labute approximate surface area is 170 Å². The van der Waals surface area contributed by atoms with E-state index < -0.39 is 11.9 Å². The maximum Gasteiger partial charge on any atom is 0.348 e. The molecule has 2 N–H and O–H groups in total. The van der Waals surface area contributed by atoms with Crippen molar-refractivity contribution >= 4 is 45.3 Å². The quantitative estimate of drug-likeness (QED) is 0.567. The Bertz CT molecular complexity index is 1040. The van der Waals surface area contributed by atoms with Gasteiger partial charge in [-0.2, -0.15) is 0 Å². The molecule has 3 rings (SSSR count). The van der Waals surface area contributed by atoms with Gasteiger partial charge in [0.1, 0.15) is 22.1 Å². The van der Waals surface area contributed by atoms with Crippen LogP contribution in [-0.4, -0.2) is 52.1 Å². The van der Waals surface area contributed by atoms with Crippen LogP contribution in [0.4, 0.5) is 11.8 Å². The second-order valence-electron chi connectivity index (χ2n) is 6.05. The topological polar surface area (TPSA) is 133 Å². The summed E-state index contributed by atoms with van der Waals surface area (Å²) in [6.07, 6.45) is 3.17. The number of likely N-dealkylation sites (N-methyl/N-ethyl adjacent to an activating group) is 1. The average molecular weight is 416 g/mol. The van der Waals surface area contributed by atoms with Crippen molar-refractivity contribution in [2.45, 2.75) is 20.5 Å². The van der Waals surface area contributed by atoms with Crippen molar-refractivity contribution in [3.63, 3.8) is 0 Å². The van der Waals surface area contributed by atoms with Gasteiger partial charge < -0.3 is 20.1 Å². The van der Waals surface area contributed by atoms with Crippen molar-refractivity contribution in [1.29, 1.82) is 0 Å². The SMILES string of the molecule is CCOC(=O)c1sc2nc(COC(=O)CN(C)c3ncccn3)nc(N)c2c1C. The van der Waals surface area contributed by atoms with Crippen LogP contribution in [0.25, 0.3) is 10.2 Å². The van der Waals surface area contributed by atoms with Gasteiger partial charge in [-0.3, -0.25) is 4.79 Å². The summed E-state index contributed by atoms with van der Waals surface area (Å²) in [4.78, 5) is 43.4. The van der Waals surface area contributed by atoms with Gasteiger partial charge in [0.05, 0.1) is 12.0 Å². The molecule has 29 heavy (non-hydrogen) atoms. The molecule has 0 radical (unpaired) electrons. The van der Waals surface area contributed by atoms with E-state index in [0.29, 0.717) is 26.6 Å². The average Bonchev–Trinajstić information content (AvgIpc) is 3.04. The Hall–Kier alpha value is -3.34. The summed E-state index contributed by atoms with van der Waals surface area (Å²) in [5.41, 5.74) is 6.72. The Morgan fingerprint density at radius 3 is 2.62 bits per heavy atom. The fourth-order valence-corrected chi connectivity index (χ4v) is 3.72. The highest BCUT2D eigenvalue weighted by Gasteiger charge is 2.21. The van der Waals surface area contributed by atoms with Crippen LogP contribution in [0.1, 0.15) is 28.0 Å². The predicted molar refractivity (Wildman–Crippen MR) is 108 cm³/mol. The van der Waals surface area contributed by atoms with E-state index in [2.05, 4.69) is 19.9 Å². The van der Waals surface area contributed by atoms with Gasteiger partial charge in [-0.25, -0.2) is 24.7 Å². The molecule has 0 aliphatic carbocycles. The lowest BCUT2D eigenvalue weighted by molar-refractivity contribution is -0.143. The predicted octanol–water partition coefficient (Wildman–Crippen LogP) is 1.73. The van der Waals surface area contributed by atoms with Gasteiger partial charge in [-0.05, 0) is 25.5 Å². The van der Waals surface area contributed by atoms with Gasteiger partial charge in [-0.15, -0.1) is 11.3 Å². The molecule has 3 aromatic rings. The number of ether oxygens (including phenoxy) is 2. The van der Waals surface area contributed by atoms with Crippen molar-refractivity contribution in [3.05, 3.63) is 34.7 Å². The van der Waals surface area contributed by atoms with E-state index in [0.717, 1.165) is 0 Å². The van der Waals surface area contributed by atoms with Crippen molar-refractivity contribution in [2.24, 2.45) is 0 Å². The first-order valence-electron chi connectivity index (χ1n) is 8.77. The number of nitrogens with zero attached hydrogens (tertiary/aromatic N) is 5. The van der Waals surface area contributed by atoms with Crippen LogP contribution in [0, 0.1) is 6.92 Å². The molecule has 3 heterocycles. The molecular formula is C18H20N6O4S. The Kier molecular flexibility index (Phi) is 6.17. The number of aryl methyl sites for hydroxylation is 1. The first kappa shape index (κ1) is 20.4. The molecule has 0 fully saturated rings. The number of carbonyl (C=O) groups excluding carboxylic acids is 2. The maximum atomic E-state index is 12.1. The molecule has 11 heteroatoms. The molecular weight excluding hydrogens is 396 g/mol. The first-order chi connectivity index (χ1) is 13.9. The summed E-state index contributed by atoms with van der Waals surface area (Å²) in [5.74, 6) is -0.0333. The van der Waals surface area contributed by atoms with Gasteiger partial charge in [0.2, 0.25) is 5.95 Å². The number of hydrogen-bond acceptors (Lipinski definition) is 11. The van der Waals surface area contributed by atoms with E-state index in [4.69, 9.17) is 15.2 Å². The van der Waals surface area contributed by atoms with Crippen LogP contribution in [0.2, 0.25) is 0 Å². The molecule has 0 atom stereocenters. The van der Waals surface area contributed by atoms with Crippen molar-refractivity contribution in [1.82, 2.24) is 19.9 Å². The number of hydrogen-bond donors (Lipinski definition) is 1. The van der Waals surface area contributed by atoms with Crippen molar-refractivity contribution in [2.75, 3.05) is 30.8 Å². The highest BCUT2D eigenvalue weighted by molar-refractivity contribution is 7.20. The molecule has 0 amide bonds. The van der Waals surface area contributed by atoms with Crippen molar-refractivity contribution < 1.29 is 19.1 Å². The fourth-order valence-electron chi connectivity index (χ4n) is 2.62. The van der Waals surface area contributed by atoms with Gasteiger partial charge >= 0.3 is 11.9 Å². The zero-order valence-corrected chi connectivity index (χ0v) is 17.0. The van der Waals surface area contributed by atoms with Crippen LogP contribution >= 0.6 is 11.3 Å². The van der Waals surface area contributed by atoms with Gasteiger partial charge in [0.15, 0.2) is 12.4 Å². The maximum absolute atomic E-state index is 12.1. The van der Waals surface area contributed by atoms with Crippen LogP contribution in [0.15, 0.2) is 18.5 Å². The standard InChI is InChI=1S/C18H20N6O4S/c1-4-27-17(26)14-10(2)13-15(19)22-11(23-16(13)29-14)9-28-12(25)8-24(3)18-20-6-5-7-21-18/h5-7H,4,8-9H2,1-3H3,(H2,19,22,23). The summed E-state index contributed by atoms with van der Waals surface area (Å²) < 4.78 is 10.3. The third kappa shape index (κ3) is 4.57. The molecule has 152 valence electrons. The molecule has 10 nitrogen and oxygen atoms in total. The minimum absolute atomic E-state index is 0.0349. The Morgan fingerprint density at radius 1 is 1.21 bits per heavy atom. The number of aromatic nitrogens is 4. The molecule has 0 saturated carbocycles. The van der Waals surface area contributed by atoms with E-state index in [-0.39, 0.29) is 31.4 Å². The summed E-state index contributed by atoms with van der Waals surface area (Å²) in [7, 11) is 1.68. The Morgan fingerprint density at radius 2 is 1.93 bits per heavy atom. The first-order valence-corrected chi connectivity index (χ1v) is 9.58. The number of rotatable bonds is 7. The summed E-state index contributed by atoms with van der Waals surface area (Å²) in [5, 5.41) is 0.606. The molecule has 0 aromatic carbocycles. The van der Waals surface area contributed by atoms with Gasteiger partial charge in [0.25, 0.3) is 0 Å². The van der Waals surface area contributed by atoms with E-state index in [1.165, 1.54) is 11.3 Å². The molecule has 0 unspecified atom stereocenters. The third-order valence-corrected chi connectivity index (χ3v) is 5.11. The highest BCUT2D eigenvalue weighted by Crippen LogP contribution is 2.33. The second-order valence-corrected chi connectivity index (χ2v) is 7.05. The summed E-state index contributed by atoms with van der Waals surface area (Å²) >= 11 is 1.17. The normalized spacial score (nSPS) is 10.7. The molecule has 0 aliphatic heterocycles. The van der Waals surface area contributed by atoms with Crippen LogP contribution in [-0.2, 0) is 20.9 Å². The van der Waals surface area contributed by atoms with E-state index in [1.54, 1.807) is 44.3 Å². The van der Waals surface area contributed by atoms with Crippen LogP contribution in [0.5, 0.6) is 0 Å². The minimum Gasteiger partial charge on any atom is -0.462 e. The molecule has 3 aromatic heterocycles. The molecule has 0 bridgehead atoms. The van der Waals surface area contributed by atoms with Crippen molar-refractivity contribution in [3.8, 4) is 0 Å². The molecule has 0 spiro atoms. The summed E-state index contributed by atoms with van der Waals surface area (Å²) in [6.45, 7) is 3.60. The number of nitrogens with two attached hydrogens (primary N) is 1. The largest absolute Gasteiger partial charge is 0.462 e. The highest BCUT2D eigenvalue weighted by atomic mass is 32.1. The second kappa shape index (κ2) is 8.78. The zero-order chi connectivity index (χ0) is 21.0. The monoisotopic (exact) mass is 416 g/mol. The van der Waals surface area contributed by atoms with E-state index in [9.17, 15) is 9.59 Å². The number of nitrogen functional groups attached to an aromatic ring is 1. The van der Waals surface area contributed by atoms with Gasteiger partial charge in [0, 0.05) is 19.4 Å². The molecule has 0 saturated heterocycles. The van der Waals surface area contributed by atoms with E-state index >= 15 is 0 Å². The number of thiophene rings is 1. The fraction of sp³-hybridized carbons (Fsp3) is 0.333. The van der Waals surface area contributed by atoms with Gasteiger partial charge in [-0.1, -0.05) is 0 Å². The number of fused-ring (bicyclic) bond motifs is 1. The van der Waals surface area contributed by atoms with E-state index in [1.807, 2.05) is 0 Å². The Balaban J connectivity index is 1.70. The number of carbonyl (C=O) groups is 2.